The minimum Gasteiger partial charge on any atom is -0.322 e. The first-order valence-electron chi connectivity index (χ1n) is 13.3. The second kappa shape index (κ2) is 12.6. The topological polar surface area (TPSA) is 107 Å². The van der Waals surface area contributed by atoms with Gasteiger partial charge in [0.1, 0.15) is 0 Å². The molecule has 1 fully saturated rings. The van der Waals surface area contributed by atoms with E-state index in [-0.39, 0.29) is 10.8 Å². The second-order valence-electron chi connectivity index (χ2n) is 9.76. The van der Waals surface area contributed by atoms with Crippen LogP contribution < -0.4 is 5.32 Å². The summed E-state index contributed by atoms with van der Waals surface area (Å²) in [7, 11) is -7.06. The molecule has 214 valence electrons. The molecule has 1 N–H and O–H groups in total. The summed E-state index contributed by atoms with van der Waals surface area (Å²) in [5.41, 5.74) is 3.03. The van der Waals surface area contributed by atoms with Gasteiger partial charge in [0.15, 0.2) is 0 Å². The Kier molecular flexibility index (Phi) is 9.42. The monoisotopic (exact) mass is 584 g/mol. The number of sulfonamides is 2. The van der Waals surface area contributed by atoms with E-state index in [1.807, 2.05) is 31.2 Å². The van der Waals surface area contributed by atoms with Crippen molar-refractivity contribution in [1.29, 1.82) is 0 Å². The summed E-state index contributed by atoms with van der Waals surface area (Å²) in [6.07, 6.45) is 0. The molecule has 4 rings (SSSR count). The lowest BCUT2D eigenvalue weighted by molar-refractivity contribution is 0.102. The third-order valence-corrected chi connectivity index (χ3v) is 11.0. The predicted octanol–water partition coefficient (Wildman–Crippen LogP) is 3.78. The number of nitrogens with zero attached hydrogens (tertiary/aromatic N) is 3. The average molecular weight is 585 g/mol. The summed E-state index contributed by atoms with van der Waals surface area (Å²) in [6.45, 7) is 9.03. The highest BCUT2D eigenvalue weighted by atomic mass is 32.2. The molecule has 9 nitrogen and oxygen atoms in total. The Bertz CT molecular complexity index is 1510. The number of carbonyl (C=O) groups excluding carboxylic acids is 1. The van der Waals surface area contributed by atoms with E-state index >= 15 is 0 Å². The van der Waals surface area contributed by atoms with Crippen LogP contribution in [0, 0.1) is 6.92 Å². The molecule has 0 aromatic heterocycles. The van der Waals surface area contributed by atoms with Crippen molar-refractivity contribution in [3.63, 3.8) is 0 Å². The number of anilines is 1. The van der Waals surface area contributed by atoms with E-state index in [0.29, 0.717) is 62.0 Å². The Morgan fingerprint density at radius 2 is 1.32 bits per heavy atom. The summed E-state index contributed by atoms with van der Waals surface area (Å²) < 4.78 is 54.1. The van der Waals surface area contributed by atoms with Gasteiger partial charge < -0.3 is 5.32 Å². The van der Waals surface area contributed by atoms with E-state index in [4.69, 9.17) is 0 Å². The summed E-state index contributed by atoms with van der Waals surface area (Å²) >= 11 is 0. The number of carbonyl (C=O) groups is 1. The van der Waals surface area contributed by atoms with Crippen molar-refractivity contribution < 1.29 is 21.6 Å². The van der Waals surface area contributed by atoms with E-state index in [1.165, 1.54) is 20.7 Å². The number of aryl methyl sites for hydroxylation is 1. The van der Waals surface area contributed by atoms with Crippen molar-refractivity contribution in [3.8, 4) is 0 Å². The Balaban J connectivity index is 1.30. The lowest BCUT2D eigenvalue weighted by atomic mass is 10.1. The molecular weight excluding hydrogens is 548 g/mol. The SMILES string of the molecule is CCN(CC)S(=O)(=O)c1ccc(NC(=O)c2ccc(CN3CCN(S(=O)(=O)c4ccc(C)cc4)CC3)cc2)cc1. The van der Waals surface area contributed by atoms with E-state index in [0.717, 1.165) is 11.1 Å². The largest absolute Gasteiger partial charge is 0.322 e. The molecule has 3 aromatic carbocycles. The summed E-state index contributed by atoms with van der Waals surface area (Å²) in [4.78, 5) is 15.5. The Morgan fingerprint density at radius 3 is 1.88 bits per heavy atom. The third-order valence-electron chi connectivity index (χ3n) is 7.07. The maximum absolute atomic E-state index is 12.9. The van der Waals surface area contributed by atoms with Gasteiger partial charge in [-0.25, -0.2) is 16.8 Å². The molecular formula is C29H36N4O5S2. The minimum atomic E-state index is -3.56. The zero-order chi connectivity index (χ0) is 28.9. The van der Waals surface area contributed by atoms with Crippen LogP contribution in [0.25, 0.3) is 0 Å². The molecule has 0 saturated carbocycles. The van der Waals surface area contributed by atoms with Gasteiger partial charge in [0.05, 0.1) is 9.79 Å². The van der Waals surface area contributed by atoms with E-state index < -0.39 is 20.0 Å². The molecule has 1 aliphatic heterocycles. The molecule has 0 bridgehead atoms. The maximum Gasteiger partial charge on any atom is 0.255 e. The molecule has 1 heterocycles. The van der Waals surface area contributed by atoms with E-state index in [2.05, 4.69) is 10.2 Å². The van der Waals surface area contributed by atoms with Crippen LogP contribution in [-0.4, -0.2) is 75.5 Å². The molecule has 0 spiro atoms. The molecule has 0 atom stereocenters. The molecule has 1 amide bonds. The van der Waals surface area contributed by atoms with Gasteiger partial charge in [-0.2, -0.15) is 8.61 Å². The minimum absolute atomic E-state index is 0.187. The number of benzene rings is 3. The first kappa shape index (κ1) is 29.9. The van der Waals surface area contributed by atoms with Gasteiger partial charge in [0, 0.05) is 57.1 Å². The molecule has 40 heavy (non-hydrogen) atoms. The zero-order valence-corrected chi connectivity index (χ0v) is 24.7. The first-order valence-corrected chi connectivity index (χ1v) is 16.2. The molecule has 1 saturated heterocycles. The van der Waals surface area contributed by atoms with Crippen LogP contribution >= 0.6 is 0 Å². The van der Waals surface area contributed by atoms with Crippen molar-refractivity contribution in [2.24, 2.45) is 0 Å². The van der Waals surface area contributed by atoms with Crippen molar-refractivity contribution in [2.45, 2.75) is 37.1 Å². The Labute approximate surface area is 237 Å². The van der Waals surface area contributed by atoms with Gasteiger partial charge in [-0.15, -0.1) is 0 Å². The van der Waals surface area contributed by atoms with Gasteiger partial charge in [-0.1, -0.05) is 43.7 Å². The van der Waals surface area contributed by atoms with Crippen molar-refractivity contribution >= 4 is 31.6 Å². The number of nitrogens with one attached hydrogen (secondary N) is 1. The van der Waals surface area contributed by atoms with Crippen LogP contribution in [0.1, 0.15) is 35.3 Å². The molecule has 0 radical (unpaired) electrons. The highest BCUT2D eigenvalue weighted by Gasteiger charge is 2.28. The zero-order valence-electron chi connectivity index (χ0n) is 23.1. The number of amides is 1. The van der Waals surface area contributed by atoms with Crippen LogP contribution in [-0.2, 0) is 26.6 Å². The average Bonchev–Trinajstić information content (AvgIpc) is 2.95. The fourth-order valence-electron chi connectivity index (χ4n) is 4.63. The van der Waals surface area contributed by atoms with Crippen LogP contribution in [0.2, 0.25) is 0 Å². The van der Waals surface area contributed by atoms with E-state index in [1.54, 1.807) is 50.2 Å². The summed E-state index contributed by atoms with van der Waals surface area (Å²) in [5.74, 6) is -0.291. The molecule has 0 unspecified atom stereocenters. The summed E-state index contributed by atoms with van der Waals surface area (Å²) in [6, 6.07) is 20.4. The number of rotatable bonds is 10. The molecule has 1 aliphatic rings. The van der Waals surface area contributed by atoms with Gasteiger partial charge >= 0.3 is 0 Å². The van der Waals surface area contributed by atoms with Crippen molar-refractivity contribution in [1.82, 2.24) is 13.5 Å². The number of hydrogen-bond acceptors (Lipinski definition) is 6. The third kappa shape index (κ3) is 6.79. The maximum atomic E-state index is 12.9. The number of piperazine rings is 1. The predicted molar refractivity (Wildman–Crippen MR) is 156 cm³/mol. The lowest BCUT2D eigenvalue weighted by Gasteiger charge is -2.34. The highest BCUT2D eigenvalue weighted by molar-refractivity contribution is 7.89. The van der Waals surface area contributed by atoms with Gasteiger partial charge in [-0.3, -0.25) is 9.69 Å². The fraction of sp³-hybridized carbons (Fsp3) is 0.345. The van der Waals surface area contributed by atoms with Crippen LogP contribution in [0.4, 0.5) is 5.69 Å². The smallest absolute Gasteiger partial charge is 0.255 e. The second-order valence-corrected chi connectivity index (χ2v) is 13.6. The van der Waals surface area contributed by atoms with Crippen LogP contribution in [0.5, 0.6) is 0 Å². The van der Waals surface area contributed by atoms with Crippen molar-refractivity contribution in [2.75, 3.05) is 44.6 Å². The van der Waals surface area contributed by atoms with Crippen LogP contribution in [0.15, 0.2) is 82.6 Å². The quantitative estimate of drug-likeness (QED) is 0.389. The lowest BCUT2D eigenvalue weighted by Crippen LogP contribution is -2.48. The molecule has 11 heteroatoms. The van der Waals surface area contributed by atoms with Crippen LogP contribution in [0.3, 0.4) is 0 Å². The van der Waals surface area contributed by atoms with E-state index in [9.17, 15) is 21.6 Å². The standard InChI is InChI=1S/C29H36N4O5S2/c1-4-32(5-2)39(35,36)28-16-12-26(13-17-28)30-29(34)25-10-8-24(9-11-25)22-31-18-20-33(21-19-31)40(37,38)27-14-6-23(3)7-15-27/h6-17H,4-5,18-22H2,1-3H3,(H,30,34). The fourth-order valence-corrected chi connectivity index (χ4v) is 7.51. The van der Waals surface area contributed by atoms with Gasteiger partial charge in [0.25, 0.3) is 5.91 Å². The molecule has 0 aliphatic carbocycles. The summed E-state index contributed by atoms with van der Waals surface area (Å²) in [5, 5.41) is 2.81. The van der Waals surface area contributed by atoms with Gasteiger partial charge in [-0.05, 0) is 61.0 Å². The first-order chi connectivity index (χ1) is 19.0. The Hall–Kier alpha value is -3.09. The molecule has 3 aromatic rings. The normalized spacial score (nSPS) is 15.3. The van der Waals surface area contributed by atoms with Gasteiger partial charge in [0.2, 0.25) is 20.0 Å². The highest BCUT2D eigenvalue weighted by Crippen LogP contribution is 2.21. The van der Waals surface area contributed by atoms with Crippen molar-refractivity contribution in [3.05, 3.63) is 89.5 Å². The number of hydrogen-bond donors (Lipinski definition) is 1. The Morgan fingerprint density at radius 1 is 0.775 bits per heavy atom.